The van der Waals surface area contributed by atoms with E-state index in [0.717, 1.165) is 18.6 Å². The quantitative estimate of drug-likeness (QED) is 0.794. The summed E-state index contributed by atoms with van der Waals surface area (Å²) in [5, 5.41) is 9.19. The molecule has 0 unspecified atom stereocenters. The van der Waals surface area contributed by atoms with E-state index in [-0.39, 0.29) is 11.4 Å². The van der Waals surface area contributed by atoms with Gasteiger partial charge in [-0.25, -0.2) is 4.79 Å². The summed E-state index contributed by atoms with van der Waals surface area (Å²) in [4.78, 5) is 11.4. The Hall–Kier alpha value is -1.52. The molecule has 0 fully saturated rings. The van der Waals surface area contributed by atoms with Crippen LogP contribution in [0.25, 0.3) is 0 Å². The molecule has 96 valence electrons. The molecule has 0 spiro atoms. The van der Waals surface area contributed by atoms with Crippen LogP contribution >= 0.6 is 0 Å². The van der Waals surface area contributed by atoms with Gasteiger partial charge in [-0.1, -0.05) is 39.3 Å². The molecule has 2 amide bonds. The number of hydrogen-bond donors (Lipinski definition) is 2. The van der Waals surface area contributed by atoms with Crippen LogP contribution in [0.2, 0.25) is 0 Å². The van der Waals surface area contributed by atoms with E-state index in [1.165, 1.54) is 0 Å². The van der Waals surface area contributed by atoms with Gasteiger partial charge in [0.15, 0.2) is 5.82 Å². The van der Waals surface area contributed by atoms with Crippen molar-refractivity contribution in [1.29, 1.82) is 0 Å². The molecule has 0 atom stereocenters. The molecule has 0 aliphatic heterocycles. The first-order chi connectivity index (χ1) is 7.93. The summed E-state index contributed by atoms with van der Waals surface area (Å²) in [7, 11) is 0. The lowest BCUT2D eigenvalue weighted by molar-refractivity contribution is 0.251. The summed E-state index contributed by atoms with van der Waals surface area (Å²) < 4.78 is 5.16. The standard InChI is InChI=1S/C12H21N3O2/c1-5-6-7-13-11(16)14-10-8-9(17-15-10)12(2,3)4/h8H,5-7H2,1-4H3,(H2,13,14,15,16). The Labute approximate surface area is 102 Å². The van der Waals surface area contributed by atoms with Gasteiger partial charge in [-0.05, 0) is 6.42 Å². The fourth-order valence-corrected chi connectivity index (χ4v) is 1.23. The van der Waals surface area contributed by atoms with E-state index >= 15 is 0 Å². The molecule has 5 nitrogen and oxygen atoms in total. The Kier molecular flexibility index (Phi) is 4.54. The highest BCUT2D eigenvalue weighted by Crippen LogP contribution is 2.24. The largest absolute Gasteiger partial charge is 0.359 e. The van der Waals surface area contributed by atoms with E-state index in [9.17, 15) is 4.79 Å². The van der Waals surface area contributed by atoms with Crippen molar-refractivity contribution in [3.05, 3.63) is 11.8 Å². The monoisotopic (exact) mass is 239 g/mol. The predicted octanol–water partition coefficient (Wildman–Crippen LogP) is 2.89. The van der Waals surface area contributed by atoms with Crippen LogP contribution < -0.4 is 10.6 Å². The summed E-state index contributed by atoms with van der Waals surface area (Å²) in [6, 6.07) is 1.51. The summed E-state index contributed by atoms with van der Waals surface area (Å²) in [5.41, 5.74) is -0.106. The zero-order valence-electron chi connectivity index (χ0n) is 11.0. The third-order valence-corrected chi connectivity index (χ3v) is 2.31. The summed E-state index contributed by atoms with van der Waals surface area (Å²) in [6.07, 6.45) is 2.03. The first-order valence-electron chi connectivity index (χ1n) is 5.95. The van der Waals surface area contributed by atoms with Gasteiger partial charge in [0, 0.05) is 18.0 Å². The molecule has 1 rings (SSSR count). The van der Waals surface area contributed by atoms with Crippen molar-refractivity contribution in [3.63, 3.8) is 0 Å². The maximum atomic E-state index is 11.4. The Morgan fingerprint density at radius 2 is 2.18 bits per heavy atom. The third-order valence-electron chi connectivity index (χ3n) is 2.31. The molecule has 0 bridgehead atoms. The number of anilines is 1. The second kappa shape index (κ2) is 5.70. The number of aromatic nitrogens is 1. The molecule has 0 aliphatic carbocycles. The molecule has 0 saturated carbocycles. The minimum absolute atomic E-state index is 0.106. The van der Waals surface area contributed by atoms with Crippen LogP contribution in [0, 0.1) is 0 Å². The van der Waals surface area contributed by atoms with Crippen LogP contribution in [0.4, 0.5) is 10.6 Å². The number of carbonyl (C=O) groups is 1. The van der Waals surface area contributed by atoms with Crippen LogP contribution in [0.5, 0.6) is 0 Å². The molecular weight excluding hydrogens is 218 g/mol. The Morgan fingerprint density at radius 3 is 2.71 bits per heavy atom. The Morgan fingerprint density at radius 1 is 1.47 bits per heavy atom. The predicted molar refractivity (Wildman–Crippen MR) is 67.1 cm³/mol. The second-order valence-corrected chi connectivity index (χ2v) is 5.06. The smallest absolute Gasteiger partial charge is 0.320 e. The van der Waals surface area contributed by atoms with Crippen LogP contribution in [0.15, 0.2) is 10.6 Å². The fraction of sp³-hybridized carbons (Fsp3) is 0.667. The molecule has 5 heteroatoms. The van der Waals surface area contributed by atoms with Gasteiger partial charge in [-0.3, -0.25) is 5.32 Å². The van der Waals surface area contributed by atoms with Crippen molar-refractivity contribution < 1.29 is 9.32 Å². The number of unbranched alkanes of at least 4 members (excludes halogenated alkanes) is 1. The number of nitrogens with one attached hydrogen (secondary N) is 2. The van der Waals surface area contributed by atoms with Gasteiger partial charge >= 0.3 is 6.03 Å². The third kappa shape index (κ3) is 4.46. The molecule has 0 aromatic carbocycles. The fourth-order valence-electron chi connectivity index (χ4n) is 1.23. The molecule has 1 heterocycles. The highest BCUT2D eigenvalue weighted by Gasteiger charge is 2.20. The van der Waals surface area contributed by atoms with Gasteiger partial charge < -0.3 is 9.84 Å². The second-order valence-electron chi connectivity index (χ2n) is 5.06. The molecule has 0 saturated heterocycles. The highest BCUT2D eigenvalue weighted by molar-refractivity contribution is 5.88. The lowest BCUT2D eigenvalue weighted by Gasteiger charge is -2.12. The van der Waals surface area contributed by atoms with Crippen molar-refractivity contribution in [2.45, 2.75) is 46.0 Å². The van der Waals surface area contributed by atoms with Crippen molar-refractivity contribution >= 4 is 11.8 Å². The summed E-state index contributed by atoms with van der Waals surface area (Å²) >= 11 is 0. The van der Waals surface area contributed by atoms with Crippen LogP contribution in [-0.4, -0.2) is 17.7 Å². The number of rotatable bonds is 4. The lowest BCUT2D eigenvalue weighted by Crippen LogP contribution is -2.29. The average Bonchev–Trinajstić information content (AvgIpc) is 2.66. The highest BCUT2D eigenvalue weighted by atomic mass is 16.5. The Balaban J connectivity index is 2.46. The van der Waals surface area contributed by atoms with Gasteiger partial charge in [0.2, 0.25) is 0 Å². The number of urea groups is 1. The van der Waals surface area contributed by atoms with E-state index in [1.807, 2.05) is 20.8 Å². The molecule has 0 aliphatic rings. The zero-order chi connectivity index (χ0) is 12.9. The maximum absolute atomic E-state index is 11.4. The van der Waals surface area contributed by atoms with E-state index in [2.05, 4.69) is 22.7 Å². The molecule has 17 heavy (non-hydrogen) atoms. The van der Waals surface area contributed by atoms with Gasteiger partial charge in [-0.15, -0.1) is 0 Å². The van der Waals surface area contributed by atoms with Gasteiger partial charge in [0.05, 0.1) is 0 Å². The normalized spacial score (nSPS) is 11.3. The van der Waals surface area contributed by atoms with E-state index < -0.39 is 0 Å². The number of nitrogens with zero attached hydrogens (tertiary/aromatic N) is 1. The topological polar surface area (TPSA) is 67.2 Å². The first-order valence-corrected chi connectivity index (χ1v) is 5.95. The molecule has 1 aromatic rings. The summed E-state index contributed by atoms with van der Waals surface area (Å²) in [6.45, 7) is 8.83. The SMILES string of the molecule is CCCCNC(=O)Nc1cc(C(C)(C)C)on1. The van der Waals surface area contributed by atoms with Crippen molar-refractivity contribution in [3.8, 4) is 0 Å². The first kappa shape index (κ1) is 13.5. The minimum Gasteiger partial charge on any atom is -0.359 e. The maximum Gasteiger partial charge on any atom is 0.320 e. The molecule has 0 radical (unpaired) electrons. The van der Waals surface area contributed by atoms with Crippen molar-refractivity contribution in [2.24, 2.45) is 0 Å². The average molecular weight is 239 g/mol. The van der Waals surface area contributed by atoms with E-state index in [4.69, 9.17) is 4.52 Å². The number of amides is 2. The van der Waals surface area contributed by atoms with Crippen LogP contribution in [0.3, 0.4) is 0 Å². The minimum atomic E-state index is -0.243. The number of hydrogen-bond acceptors (Lipinski definition) is 3. The van der Waals surface area contributed by atoms with Crippen LogP contribution in [0.1, 0.15) is 46.3 Å². The van der Waals surface area contributed by atoms with Crippen molar-refractivity contribution in [1.82, 2.24) is 10.5 Å². The van der Waals surface area contributed by atoms with Gasteiger partial charge in [-0.2, -0.15) is 0 Å². The van der Waals surface area contributed by atoms with Gasteiger partial charge in [0.1, 0.15) is 5.76 Å². The zero-order valence-corrected chi connectivity index (χ0v) is 11.0. The molecule has 2 N–H and O–H groups in total. The lowest BCUT2D eigenvalue weighted by atomic mass is 9.93. The summed E-state index contributed by atoms with van der Waals surface area (Å²) in [5.74, 6) is 1.20. The van der Waals surface area contributed by atoms with E-state index in [1.54, 1.807) is 6.07 Å². The Bertz CT molecular complexity index is 366. The molecule has 1 aromatic heterocycles. The van der Waals surface area contributed by atoms with Gasteiger partial charge in [0.25, 0.3) is 0 Å². The van der Waals surface area contributed by atoms with E-state index in [0.29, 0.717) is 12.4 Å². The van der Waals surface area contributed by atoms with Crippen molar-refractivity contribution in [2.75, 3.05) is 11.9 Å². The van der Waals surface area contributed by atoms with Crippen LogP contribution in [-0.2, 0) is 5.41 Å². The molecular formula is C12H21N3O2. The number of carbonyl (C=O) groups excluding carboxylic acids is 1.